The highest BCUT2D eigenvalue weighted by atomic mass is 19.4. The maximum Gasteiger partial charge on any atom is 0.417 e. The van der Waals surface area contributed by atoms with Crippen LogP contribution in [0.4, 0.5) is 24.7 Å². The van der Waals surface area contributed by atoms with E-state index in [1.54, 1.807) is 17.0 Å². The van der Waals surface area contributed by atoms with Gasteiger partial charge in [-0.1, -0.05) is 6.08 Å². The van der Waals surface area contributed by atoms with E-state index in [9.17, 15) is 23.2 Å². The lowest BCUT2D eigenvalue weighted by Crippen LogP contribution is -2.55. The van der Waals surface area contributed by atoms with Crippen molar-refractivity contribution >= 4 is 28.3 Å². The number of nitrogens with two attached hydrogens (primary N) is 1. The average molecular weight is 721 g/mol. The third-order valence-electron chi connectivity index (χ3n) is 10.4. The fourth-order valence-electron chi connectivity index (χ4n) is 7.65. The van der Waals surface area contributed by atoms with Crippen LogP contribution >= 0.6 is 0 Å². The van der Waals surface area contributed by atoms with E-state index >= 15 is 0 Å². The number of morpholine rings is 1. The Bertz CT molecular complexity index is 1880. The van der Waals surface area contributed by atoms with Crippen molar-refractivity contribution in [1.82, 2.24) is 24.7 Å². The maximum absolute atomic E-state index is 14.3. The van der Waals surface area contributed by atoms with Gasteiger partial charge >= 0.3 is 12.2 Å². The normalized spacial score (nSPS) is 21.4. The number of likely N-dealkylation sites (tertiary alicyclic amines) is 1. The van der Waals surface area contributed by atoms with Crippen LogP contribution < -0.4 is 20.1 Å². The average Bonchev–Trinajstić information content (AvgIpc) is 3.79. The topological polar surface area (TPSA) is 133 Å². The van der Waals surface area contributed by atoms with Crippen molar-refractivity contribution in [3.8, 4) is 29.0 Å². The Morgan fingerprint density at radius 3 is 2.67 bits per heavy atom. The van der Waals surface area contributed by atoms with Crippen molar-refractivity contribution in [2.45, 2.75) is 43.9 Å². The summed E-state index contributed by atoms with van der Waals surface area (Å²) in [5.74, 6) is 0.745. The summed E-state index contributed by atoms with van der Waals surface area (Å²) < 4.78 is 60.8. The molecule has 276 valence electrons. The van der Waals surface area contributed by atoms with Crippen molar-refractivity contribution in [2.24, 2.45) is 0 Å². The van der Waals surface area contributed by atoms with Gasteiger partial charge in [0.15, 0.2) is 0 Å². The lowest BCUT2D eigenvalue weighted by Gasteiger charge is -2.41. The van der Waals surface area contributed by atoms with Crippen LogP contribution in [0.1, 0.15) is 30.4 Å². The lowest BCUT2D eigenvalue weighted by atomic mass is 9.91. The summed E-state index contributed by atoms with van der Waals surface area (Å²) in [6.07, 6.45) is 1.32. The van der Waals surface area contributed by atoms with Crippen molar-refractivity contribution < 1.29 is 32.2 Å². The van der Waals surface area contributed by atoms with E-state index < -0.39 is 17.8 Å². The number of nitrogens with zero attached hydrogens (tertiary/aromatic N) is 7. The van der Waals surface area contributed by atoms with Gasteiger partial charge in [-0.3, -0.25) is 9.69 Å². The highest BCUT2D eigenvalue weighted by Crippen LogP contribution is 2.47. The Morgan fingerprint density at radius 2 is 1.92 bits per heavy atom. The number of fused-ring (bicyclic) bond motifs is 3. The zero-order valence-electron chi connectivity index (χ0n) is 29.2. The summed E-state index contributed by atoms with van der Waals surface area (Å²) in [6, 6.07) is 7.32. The van der Waals surface area contributed by atoms with E-state index in [0.29, 0.717) is 86.0 Å². The second-order valence-electron chi connectivity index (χ2n) is 13.8. The predicted octanol–water partition coefficient (Wildman–Crippen LogP) is 4.12. The first kappa shape index (κ1) is 35.7. The van der Waals surface area contributed by atoms with Crippen LogP contribution in [0, 0.1) is 11.3 Å². The molecule has 2 aromatic carbocycles. The number of halogens is 3. The first-order valence-electron chi connectivity index (χ1n) is 17.8. The van der Waals surface area contributed by atoms with Crippen LogP contribution in [-0.4, -0.2) is 122 Å². The molecule has 3 fully saturated rings. The Hall–Kier alpha value is -4.65. The van der Waals surface area contributed by atoms with Crippen molar-refractivity contribution in [2.75, 3.05) is 89.9 Å². The number of ether oxygens (including phenoxy) is 3. The number of hydrogen-bond acceptors (Lipinski definition) is 11. The smallest absolute Gasteiger partial charge is 0.417 e. The molecular weight excluding hydrogens is 677 g/mol. The van der Waals surface area contributed by atoms with Crippen LogP contribution in [0.3, 0.4) is 0 Å². The Balaban J connectivity index is 1.26. The van der Waals surface area contributed by atoms with Gasteiger partial charge in [-0.05, 0) is 61.8 Å². The molecule has 5 heterocycles. The monoisotopic (exact) mass is 720 g/mol. The minimum Gasteiger partial charge on any atom is -0.492 e. The number of aromatic nitrogens is 2. The van der Waals surface area contributed by atoms with Gasteiger partial charge in [0.05, 0.1) is 54.8 Å². The van der Waals surface area contributed by atoms with E-state index in [1.807, 2.05) is 18.0 Å². The van der Waals surface area contributed by atoms with Gasteiger partial charge in [-0.2, -0.15) is 28.4 Å². The fraction of sp³-hybridized carbons (Fsp3) is 0.514. The van der Waals surface area contributed by atoms with Gasteiger partial charge in [-0.15, -0.1) is 0 Å². The van der Waals surface area contributed by atoms with Crippen LogP contribution in [0.5, 0.6) is 11.8 Å². The zero-order valence-corrected chi connectivity index (χ0v) is 29.2. The molecule has 0 bridgehead atoms. The second kappa shape index (κ2) is 15.1. The quantitative estimate of drug-likeness (QED) is 0.253. The number of carbonyl (C=O) groups is 1. The maximum atomic E-state index is 14.3. The third-order valence-corrected chi connectivity index (χ3v) is 10.4. The Labute approximate surface area is 300 Å². The second-order valence-corrected chi connectivity index (χ2v) is 13.8. The molecule has 3 aromatic rings. The molecule has 4 aliphatic rings. The molecule has 1 amide bonds. The number of hydrogen-bond donors (Lipinski definition) is 1. The number of carbonyl (C=O) groups excluding carboxylic acids is 1. The number of piperazine rings is 1. The number of anilines is 2. The molecule has 12 nitrogen and oxygen atoms in total. The van der Waals surface area contributed by atoms with Crippen LogP contribution in [0.2, 0.25) is 0 Å². The van der Waals surface area contributed by atoms with E-state index in [4.69, 9.17) is 29.9 Å². The summed E-state index contributed by atoms with van der Waals surface area (Å²) in [4.78, 5) is 31.3. The number of alkyl halides is 3. The van der Waals surface area contributed by atoms with Gasteiger partial charge in [0.25, 0.3) is 0 Å². The van der Waals surface area contributed by atoms with Gasteiger partial charge < -0.3 is 34.6 Å². The predicted molar refractivity (Wildman–Crippen MR) is 189 cm³/mol. The minimum atomic E-state index is -4.62. The third kappa shape index (κ3) is 7.46. The number of amides is 1. The zero-order chi connectivity index (χ0) is 36.4. The van der Waals surface area contributed by atoms with Crippen molar-refractivity contribution in [1.29, 1.82) is 5.26 Å². The fourth-order valence-corrected chi connectivity index (χ4v) is 7.65. The SMILES string of the molecule is CN1CCC[C@H]1COc1nc(N2CCN(C(=O)/C=C/CN3CCOCC3)[C@@H](CC#N)C2)c2c3c(c(-c4cc(N)ccc4C(F)(F)F)cc2n1)CCO3. The highest BCUT2D eigenvalue weighted by molar-refractivity contribution is 6.01. The van der Waals surface area contributed by atoms with Gasteiger partial charge in [0.1, 0.15) is 18.2 Å². The summed E-state index contributed by atoms with van der Waals surface area (Å²) in [5.41, 5.74) is 6.71. The standard InChI is InChI=1S/C37H43F3N8O4/c1-45-11-2-4-26(45)23-52-36-43-31-21-28(29-20-24(42)6-7-30(29)37(38,39)40)27-9-17-51-34(27)33(31)35(44-36)47-13-14-48(25(22-47)8-10-41)32(49)5-3-12-46-15-18-50-19-16-46/h3,5-7,20-21,25-26H,2,4,8-9,11-19,22-23,42H2,1H3/b5-3+/t25-,26-/m0/s1. The first-order chi connectivity index (χ1) is 25.1. The Morgan fingerprint density at radius 1 is 1.10 bits per heavy atom. The number of benzene rings is 2. The summed E-state index contributed by atoms with van der Waals surface area (Å²) in [5, 5.41) is 10.4. The van der Waals surface area contributed by atoms with Gasteiger partial charge in [0.2, 0.25) is 5.91 Å². The molecule has 0 radical (unpaired) electrons. The Kier molecular flexibility index (Phi) is 10.4. The van der Waals surface area contributed by atoms with Crippen molar-refractivity contribution in [3.05, 3.63) is 47.5 Å². The number of rotatable bonds is 9. The molecule has 2 N–H and O–H groups in total. The molecular formula is C37H43F3N8O4. The van der Waals surface area contributed by atoms with E-state index in [1.165, 1.54) is 12.1 Å². The van der Waals surface area contributed by atoms with Crippen LogP contribution in [-0.2, 0) is 22.1 Å². The molecule has 4 aliphatic heterocycles. The molecule has 15 heteroatoms. The number of likely N-dealkylation sites (N-methyl/N-ethyl adjacent to an activating group) is 1. The molecule has 0 unspecified atom stereocenters. The molecule has 2 atom stereocenters. The molecule has 0 saturated carbocycles. The number of nitriles is 1. The van der Waals surface area contributed by atoms with E-state index in [-0.39, 0.29) is 42.2 Å². The summed E-state index contributed by atoms with van der Waals surface area (Å²) >= 11 is 0. The lowest BCUT2D eigenvalue weighted by molar-refractivity contribution is -0.137. The molecule has 1 aromatic heterocycles. The van der Waals surface area contributed by atoms with Gasteiger partial charge in [0, 0.05) is 69.1 Å². The molecule has 3 saturated heterocycles. The molecule has 7 rings (SSSR count). The largest absolute Gasteiger partial charge is 0.492 e. The minimum absolute atomic E-state index is 0.0470. The first-order valence-corrected chi connectivity index (χ1v) is 17.8. The summed E-state index contributed by atoms with van der Waals surface area (Å²) in [7, 11) is 2.04. The van der Waals surface area contributed by atoms with Crippen LogP contribution in [0.15, 0.2) is 36.4 Å². The van der Waals surface area contributed by atoms with Crippen molar-refractivity contribution in [3.63, 3.8) is 0 Å². The highest BCUT2D eigenvalue weighted by Gasteiger charge is 2.37. The van der Waals surface area contributed by atoms with E-state index in [2.05, 4.69) is 15.9 Å². The number of nitrogen functional groups attached to an aromatic ring is 1. The molecule has 0 spiro atoms. The molecule has 0 aliphatic carbocycles. The van der Waals surface area contributed by atoms with Gasteiger partial charge in [-0.25, -0.2) is 0 Å². The molecule has 52 heavy (non-hydrogen) atoms. The summed E-state index contributed by atoms with van der Waals surface area (Å²) in [6.45, 7) is 6.19. The van der Waals surface area contributed by atoms with Crippen LogP contribution in [0.25, 0.3) is 22.0 Å². The van der Waals surface area contributed by atoms with E-state index in [0.717, 1.165) is 38.5 Å².